The van der Waals surface area contributed by atoms with Gasteiger partial charge in [0.25, 0.3) is 0 Å². The van der Waals surface area contributed by atoms with Gasteiger partial charge >= 0.3 is 10.2 Å². The third-order valence-corrected chi connectivity index (χ3v) is 2.52. The molecular weight excluding hydrogens is 278 g/mol. The van der Waals surface area contributed by atoms with Crippen LogP contribution < -0.4 is 10.3 Å². The summed E-state index contributed by atoms with van der Waals surface area (Å²) in [6, 6.07) is 6.68. The zero-order chi connectivity index (χ0) is 11.5. The molecule has 0 aliphatic carbocycles. The Hall–Kier alpha value is -2.05. The minimum absolute atomic E-state index is 0.227. The van der Waals surface area contributed by atoms with Crippen LogP contribution in [0.3, 0.4) is 0 Å². The van der Waals surface area contributed by atoms with Crippen molar-refractivity contribution in [1.82, 2.24) is 5.27 Å². The van der Waals surface area contributed by atoms with Crippen LogP contribution in [-0.4, -0.2) is 5.27 Å². The van der Waals surface area contributed by atoms with Gasteiger partial charge in [0.05, 0.1) is 0 Å². The van der Waals surface area contributed by atoms with E-state index in [1.165, 1.54) is 4.68 Å². The summed E-state index contributed by atoms with van der Waals surface area (Å²) < 4.78 is 6.20. The molecule has 8 heteroatoms. The van der Waals surface area contributed by atoms with Crippen molar-refractivity contribution in [1.29, 1.82) is 0 Å². The van der Waals surface area contributed by atoms with Crippen molar-refractivity contribution in [3.05, 3.63) is 49.7 Å². The van der Waals surface area contributed by atoms with Gasteiger partial charge in [-0.1, -0.05) is 17.2 Å². The van der Waals surface area contributed by atoms with E-state index in [0.717, 1.165) is 0 Å². The van der Waals surface area contributed by atoms with Crippen molar-refractivity contribution in [2.75, 3.05) is 0 Å². The molecule has 2 aromatic rings. The van der Waals surface area contributed by atoms with E-state index in [9.17, 15) is 4.79 Å². The third-order valence-electron chi connectivity index (χ3n) is 1.84. The van der Waals surface area contributed by atoms with Gasteiger partial charge in [0, 0.05) is 38.7 Å². The quantitative estimate of drug-likeness (QED) is 0.394. The average molecular weight is 283 g/mol. The van der Waals surface area contributed by atoms with Gasteiger partial charge in [-0.15, -0.1) is 0 Å². The normalized spacial score (nSPS) is 9.81. The van der Waals surface area contributed by atoms with Crippen LogP contribution in [0.15, 0.2) is 43.3 Å². The Morgan fingerprint density at radius 2 is 2.38 bits per heavy atom. The van der Waals surface area contributed by atoms with Crippen LogP contribution in [0.1, 0.15) is 0 Å². The van der Waals surface area contributed by atoms with Gasteiger partial charge in [-0.2, -0.15) is 0 Å². The molecule has 7 nitrogen and oxygen atoms in total. The lowest BCUT2D eigenvalue weighted by Gasteiger charge is -1.91. The highest BCUT2D eigenvalue weighted by Crippen LogP contribution is 2.14. The summed E-state index contributed by atoms with van der Waals surface area (Å²) in [6.45, 7) is 0. The molecule has 0 radical (unpaired) electrons. The van der Waals surface area contributed by atoms with Gasteiger partial charge in [0.1, 0.15) is 0 Å². The number of halogens is 1. The van der Waals surface area contributed by atoms with Crippen molar-refractivity contribution in [2.24, 2.45) is 5.11 Å². The number of rotatable bonds is 2. The molecule has 0 aliphatic rings. The van der Waals surface area contributed by atoms with E-state index < -0.39 is 5.63 Å². The molecule has 1 heterocycles. The fourth-order valence-electron chi connectivity index (χ4n) is 1.17. The third kappa shape index (κ3) is 1.83. The molecule has 2 rings (SSSR count). The van der Waals surface area contributed by atoms with Gasteiger partial charge < -0.3 is 0 Å². The Balaban J connectivity index is 2.56. The molecule has 0 unspecified atom stereocenters. The number of hydrogen-bond acceptors (Lipinski definition) is 3. The molecule has 0 atom stereocenters. The predicted octanol–water partition coefficient (Wildman–Crippen LogP) is 1.95. The number of aromatic amines is 1. The van der Waals surface area contributed by atoms with Crippen LogP contribution in [0.5, 0.6) is 0 Å². The number of aromatic nitrogens is 2. The van der Waals surface area contributed by atoms with Gasteiger partial charge in [-0.3, -0.25) is 4.52 Å². The molecule has 80 valence electrons. The van der Waals surface area contributed by atoms with Crippen LogP contribution in [0.2, 0.25) is 0 Å². The van der Waals surface area contributed by atoms with Crippen LogP contribution in [-0.2, 0) is 0 Å². The number of H-pyrrole nitrogens is 1. The van der Waals surface area contributed by atoms with E-state index in [2.05, 4.69) is 35.8 Å². The van der Waals surface area contributed by atoms with Crippen LogP contribution in [0, 0.1) is 0 Å². The molecule has 1 N–H and O–H groups in total. The Morgan fingerprint density at radius 3 is 3.00 bits per heavy atom. The second-order valence-corrected chi connectivity index (χ2v) is 3.57. The first-order chi connectivity index (χ1) is 7.72. The van der Waals surface area contributed by atoms with Crippen molar-refractivity contribution in [3.63, 3.8) is 0 Å². The monoisotopic (exact) mass is 282 g/mol. The van der Waals surface area contributed by atoms with Crippen molar-refractivity contribution in [2.45, 2.75) is 0 Å². The molecular formula is C8H5BrN5O2+. The van der Waals surface area contributed by atoms with E-state index in [-0.39, 0.29) is 4.60 Å². The number of nitrogens with one attached hydrogen (secondary N) is 1. The number of nitrogens with zero attached hydrogens (tertiary/aromatic N) is 4. The molecule has 0 spiro atoms. The molecule has 0 saturated heterocycles. The van der Waals surface area contributed by atoms with Crippen molar-refractivity contribution < 1.29 is 9.20 Å². The first-order valence-corrected chi connectivity index (χ1v) is 4.96. The second kappa shape index (κ2) is 4.21. The molecule has 1 aromatic carbocycles. The zero-order valence-corrected chi connectivity index (χ0v) is 9.38. The lowest BCUT2D eigenvalue weighted by molar-refractivity contribution is -0.680. The van der Waals surface area contributed by atoms with Gasteiger partial charge in [0.15, 0.2) is 0 Å². The summed E-state index contributed by atoms with van der Waals surface area (Å²) >= 11 is 3.07. The van der Waals surface area contributed by atoms with E-state index in [4.69, 9.17) is 5.53 Å². The molecule has 16 heavy (non-hydrogen) atoms. The highest BCUT2D eigenvalue weighted by Gasteiger charge is 2.19. The number of hydrogen-bond donors (Lipinski definition) is 1. The Bertz CT molecular complexity index is 625. The molecule has 0 aliphatic heterocycles. The summed E-state index contributed by atoms with van der Waals surface area (Å²) in [4.78, 5) is 13.8. The van der Waals surface area contributed by atoms with E-state index in [1.807, 2.05) is 0 Å². The maximum atomic E-state index is 11.1. The smallest absolute Gasteiger partial charge is 0.282 e. The second-order valence-electron chi connectivity index (χ2n) is 2.82. The SMILES string of the molecule is [N-]=[N+]=Nc1cccc(-[n+]2[nH]oc(=O)c2Br)c1. The van der Waals surface area contributed by atoms with Gasteiger partial charge in [0.2, 0.25) is 5.69 Å². The average Bonchev–Trinajstić information content (AvgIpc) is 2.61. The fourth-order valence-corrected chi connectivity index (χ4v) is 1.53. The van der Waals surface area contributed by atoms with E-state index in [1.54, 1.807) is 24.3 Å². The van der Waals surface area contributed by atoms with Crippen molar-refractivity contribution >= 4 is 21.6 Å². The predicted molar refractivity (Wildman–Crippen MR) is 57.4 cm³/mol. The van der Waals surface area contributed by atoms with Crippen molar-refractivity contribution in [3.8, 4) is 5.69 Å². The Morgan fingerprint density at radius 1 is 1.56 bits per heavy atom. The van der Waals surface area contributed by atoms with Gasteiger partial charge in [-0.05, 0) is 15.5 Å². The standard InChI is InChI=1S/C8H4BrN5O2/c9-7-8(15)16-13-14(7)6-3-1-2-5(4-6)11-12-10/h1-4H/p+1. The summed E-state index contributed by atoms with van der Waals surface area (Å²) in [5.74, 6) is 0. The van der Waals surface area contributed by atoms with Crippen LogP contribution >= 0.6 is 15.9 Å². The molecule has 0 amide bonds. The van der Waals surface area contributed by atoms with E-state index in [0.29, 0.717) is 11.4 Å². The largest absolute Gasteiger partial charge is 0.442 e. The lowest BCUT2D eigenvalue weighted by atomic mass is 10.3. The van der Waals surface area contributed by atoms with Crippen LogP contribution in [0.25, 0.3) is 16.1 Å². The minimum Gasteiger partial charge on any atom is -0.282 e. The minimum atomic E-state index is -0.519. The summed E-state index contributed by atoms with van der Waals surface area (Å²) in [6.07, 6.45) is 0. The molecule has 0 saturated carbocycles. The Kier molecular flexibility index (Phi) is 2.76. The molecule has 1 aromatic heterocycles. The number of azide groups is 1. The van der Waals surface area contributed by atoms with Gasteiger partial charge in [-0.25, -0.2) is 4.79 Å². The Labute approximate surface area is 97.0 Å². The highest BCUT2D eigenvalue weighted by atomic mass is 79.9. The summed E-state index contributed by atoms with van der Waals surface area (Å²) in [5.41, 5.74) is 8.85. The first-order valence-electron chi connectivity index (χ1n) is 4.17. The zero-order valence-electron chi connectivity index (χ0n) is 7.79. The fraction of sp³-hybridized carbons (Fsp3) is 0. The maximum Gasteiger partial charge on any atom is 0.442 e. The summed E-state index contributed by atoms with van der Waals surface area (Å²) in [5, 5.41) is 5.87. The lowest BCUT2D eigenvalue weighted by Crippen LogP contribution is -2.34. The maximum absolute atomic E-state index is 11.1. The summed E-state index contributed by atoms with van der Waals surface area (Å²) in [7, 11) is 0. The molecule has 0 bridgehead atoms. The topological polar surface area (TPSA) is 98.6 Å². The molecule has 0 fully saturated rings. The van der Waals surface area contributed by atoms with Crippen LogP contribution in [0.4, 0.5) is 5.69 Å². The number of benzene rings is 1. The first kappa shape index (κ1) is 10.5. The van der Waals surface area contributed by atoms with E-state index >= 15 is 0 Å². The highest BCUT2D eigenvalue weighted by molar-refractivity contribution is 9.10.